The molecule has 5 nitrogen and oxygen atoms in total. The van der Waals surface area contributed by atoms with E-state index in [-0.39, 0.29) is 24.0 Å². The molecule has 0 aromatic heterocycles. The lowest BCUT2D eigenvalue weighted by Crippen LogP contribution is -2.38. The number of aliphatic imine (C=N–C) groups is 1. The molecule has 0 bridgehead atoms. The van der Waals surface area contributed by atoms with Crippen molar-refractivity contribution in [2.24, 2.45) is 10.7 Å². The van der Waals surface area contributed by atoms with Gasteiger partial charge in [0.1, 0.15) is 18.1 Å². The quantitative estimate of drug-likeness (QED) is 0.345. The highest BCUT2D eigenvalue weighted by molar-refractivity contribution is 14.0. The summed E-state index contributed by atoms with van der Waals surface area (Å²) in [5, 5.41) is 0. The van der Waals surface area contributed by atoms with Crippen LogP contribution in [0.5, 0.6) is 11.5 Å². The third-order valence-corrected chi connectivity index (χ3v) is 3.61. The zero-order valence-corrected chi connectivity index (χ0v) is 15.5. The molecule has 0 unspecified atom stereocenters. The molecule has 1 aliphatic heterocycles. The molecular weight excluding hydrogens is 393 g/mol. The van der Waals surface area contributed by atoms with Gasteiger partial charge < -0.3 is 20.1 Å². The number of guanidine groups is 1. The van der Waals surface area contributed by atoms with Crippen LogP contribution in [0.15, 0.2) is 29.3 Å². The Bertz CT molecular complexity index is 460. The Morgan fingerprint density at radius 2 is 1.86 bits per heavy atom. The molecule has 0 radical (unpaired) electrons. The summed E-state index contributed by atoms with van der Waals surface area (Å²) in [6.07, 6.45) is 5.00. The maximum Gasteiger partial charge on any atom is 0.191 e. The third kappa shape index (κ3) is 6.29. The van der Waals surface area contributed by atoms with Crippen molar-refractivity contribution >= 4 is 29.9 Å². The van der Waals surface area contributed by atoms with E-state index in [9.17, 15) is 0 Å². The maximum atomic E-state index is 6.04. The second-order valence-electron chi connectivity index (χ2n) is 5.17. The molecule has 1 aromatic carbocycles. The minimum Gasteiger partial charge on any atom is -0.497 e. The summed E-state index contributed by atoms with van der Waals surface area (Å²) in [4.78, 5) is 6.59. The van der Waals surface area contributed by atoms with Gasteiger partial charge in [0.25, 0.3) is 0 Å². The highest BCUT2D eigenvalue weighted by Crippen LogP contribution is 2.18. The lowest BCUT2D eigenvalue weighted by atomic mass is 10.2. The van der Waals surface area contributed by atoms with Gasteiger partial charge >= 0.3 is 0 Å². The molecule has 2 rings (SSSR count). The first kappa shape index (κ1) is 18.9. The zero-order valence-electron chi connectivity index (χ0n) is 13.2. The molecule has 6 heteroatoms. The molecule has 1 aromatic rings. The average molecular weight is 419 g/mol. The van der Waals surface area contributed by atoms with Crippen LogP contribution in [0.2, 0.25) is 0 Å². The fourth-order valence-corrected chi connectivity index (χ4v) is 2.41. The van der Waals surface area contributed by atoms with Crippen molar-refractivity contribution in [2.75, 3.05) is 33.4 Å². The van der Waals surface area contributed by atoms with Crippen molar-refractivity contribution in [2.45, 2.75) is 25.7 Å². The number of ether oxygens (including phenoxy) is 2. The van der Waals surface area contributed by atoms with Crippen molar-refractivity contribution in [3.63, 3.8) is 0 Å². The van der Waals surface area contributed by atoms with E-state index < -0.39 is 0 Å². The fraction of sp³-hybridized carbons (Fsp3) is 0.562. The Morgan fingerprint density at radius 1 is 1.18 bits per heavy atom. The number of benzene rings is 1. The predicted octanol–water partition coefficient (Wildman–Crippen LogP) is 2.88. The first-order chi connectivity index (χ1) is 10.3. The Balaban J connectivity index is 0.00000242. The molecule has 1 fully saturated rings. The number of hydrogen-bond donors (Lipinski definition) is 1. The Labute approximate surface area is 149 Å². The van der Waals surface area contributed by atoms with Gasteiger partial charge in [0.2, 0.25) is 0 Å². The van der Waals surface area contributed by atoms with Crippen molar-refractivity contribution in [3.8, 4) is 11.5 Å². The van der Waals surface area contributed by atoms with Gasteiger partial charge in [0, 0.05) is 19.2 Å². The lowest BCUT2D eigenvalue weighted by Gasteiger charge is -2.21. The molecule has 1 saturated heterocycles. The third-order valence-electron chi connectivity index (χ3n) is 3.61. The second kappa shape index (κ2) is 10.5. The first-order valence-corrected chi connectivity index (χ1v) is 7.61. The van der Waals surface area contributed by atoms with Gasteiger partial charge in [-0.05, 0) is 25.0 Å². The summed E-state index contributed by atoms with van der Waals surface area (Å²) >= 11 is 0. The van der Waals surface area contributed by atoms with Crippen LogP contribution in [0.4, 0.5) is 0 Å². The molecule has 1 aliphatic rings. The molecule has 0 saturated carbocycles. The topological polar surface area (TPSA) is 60.1 Å². The molecule has 22 heavy (non-hydrogen) atoms. The molecule has 0 atom stereocenters. The van der Waals surface area contributed by atoms with Gasteiger partial charge in [-0.25, -0.2) is 4.99 Å². The van der Waals surface area contributed by atoms with Crippen LogP contribution in [0.1, 0.15) is 25.7 Å². The highest BCUT2D eigenvalue weighted by Gasteiger charge is 2.10. The average Bonchev–Trinajstić information content (AvgIpc) is 2.81. The summed E-state index contributed by atoms with van der Waals surface area (Å²) in [5.74, 6) is 2.23. The van der Waals surface area contributed by atoms with Crippen LogP contribution in [-0.2, 0) is 0 Å². The van der Waals surface area contributed by atoms with Gasteiger partial charge in [0.15, 0.2) is 5.96 Å². The van der Waals surface area contributed by atoms with Gasteiger partial charge in [-0.3, -0.25) is 0 Å². The zero-order chi connectivity index (χ0) is 14.9. The highest BCUT2D eigenvalue weighted by atomic mass is 127. The number of halogens is 1. The van der Waals surface area contributed by atoms with E-state index in [1.165, 1.54) is 25.7 Å². The summed E-state index contributed by atoms with van der Waals surface area (Å²) < 4.78 is 10.8. The van der Waals surface area contributed by atoms with Crippen molar-refractivity contribution in [3.05, 3.63) is 24.3 Å². The van der Waals surface area contributed by atoms with E-state index >= 15 is 0 Å². The summed E-state index contributed by atoms with van der Waals surface area (Å²) in [7, 11) is 1.64. The molecular formula is C16H26IN3O2. The summed E-state index contributed by atoms with van der Waals surface area (Å²) in [6.45, 7) is 3.12. The number of methoxy groups -OCH3 is 1. The van der Waals surface area contributed by atoms with Crippen LogP contribution in [0.25, 0.3) is 0 Å². The lowest BCUT2D eigenvalue weighted by molar-refractivity contribution is 0.324. The normalized spacial score (nSPS) is 15.7. The minimum atomic E-state index is 0. The Hall–Kier alpha value is -1.18. The van der Waals surface area contributed by atoms with Gasteiger partial charge in [-0.2, -0.15) is 0 Å². The molecule has 0 aliphatic carbocycles. The molecule has 124 valence electrons. The minimum absolute atomic E-state index is 0. The van der Waals surface area contributed by atoms with Crippen LogP contribution in [0.3, 0.4) is 0 Å². The van der Waals surface area contributed by atoms with E-state index in [4.69, 9.17) is 15.2 Å². The molecule has 1 heterocycles. The van der Waals surface area contributed by atoms with Crippen LogP contribution >= 0.6 is 24.0 Å². The van der Waals surface area contributed by atoms with E-state index in [2.05, 4.69) is 9.89 Å². The van der Waals surface area contributed by atoms with E-state index in [0.717, 1.165) is 24.6 Å². The van der Waals surface area contributed by atoms with E-state index in [1.807, 2.05) is 24.3 Å². The number of nitrogens with zero attached hydrogens (tertiary/aromatic N) is 2. The van der Waals surface area contributed by atoms with Crippen molar-refractivity contribution < 1.29 is 9.47 Å². The number of likely N-dealkylation sites (tertiary alicyclic amines) is 1. The van der Waals surface area contributed by atoms with Crippen molar-refractivity contribution in [1.82, 2.24) is 4.90 Å². The molecule has 2 N–H and O–H groups in total. The second-order valence-corrected chi connectivity index (χ2v) is 5.17. The summed E-state index contributed by atoms with van der Waals surface area (Å²) in [6, 6.07) is 7.57. The van der Waals surface area contributed by atoms with Crippen LogP contribution in [0, 0.1) is 0 Å². The fourth-order valence-electron chi connectivity index (χ4n) is 2.41. The largest absolute Gasteiger partial charge is 0.497 e. The monoisotopic (exact) mass is 419 g/mol. The maximum absolute atomic E-state index is 6.04. The summed E-state index contributed by atoms with van der Waals surface area (Å²) in [5.41, 5.74) is 6.04. The number of hydrogen-bond acceptors (Lipinski definition) is 3. The number of rotatable bonds is 5. The molecule has 0 spiro atoms. The van der Waals surface area contributed by atoms with Gasteiger partial charge in [-0.15, -0.1) is 24.0 Å². The first-order valence-electron chi connectivity index (χ1n) is 7.61. The van der Waals surface area contributed by atoms with Gasteiger partial charge in [0.05, 0.1) is 13.7 Å². The number of nitrogens with two attached hydrogens (primary N) is 1. The van der Waals surface area contributed by atoms with E-state index in [0.29, 0.717) is 19.1 Å². The van der Waals surface area contributed by atoms with Crippen LogP contribution < -0.4 is 15.2 Å². The molecule has 0 amide bonds. The Kier molecular flexibility index (Phi) is 9.03. The van der Waals surface area contributed by atoms with Crippen LogP contribution in [-0.4, -0.2) is 44.2 Å². The smallest absolute Gasteiger partial charge is 0.191 e. The SMILES string of the molecule is COc1cccc(OCCN=C(N)N2CCCCCC2)c1.I. The standard InChI is InChI=1S/C16H25N3O2.HI/c1-20-14-7-6-8-15(13-14)21-12-9-18-16(17)19-10-4-2-3-5-11-19;/h6-8,13H,2-5,9-12H2,1H3,(H2,17,18);1H. The van der Waals surface area contributed by atoms with Gasteiger partial charge in [-0.1, -0.05) is 18.9 Å². The predicted molar refractivity (Wildman–Crippen MR) is 100 cm³/mol. The Morgan fingerprint density at radius 3 is 2.55 bits per heavy atom. The van der Waals surface area contributed by atoms with E-state index in [1.54, 1.807) is 7.11 Å². The van der Waals surface area contributed by atoms with Crippen molar-refractivity contribution in [1.29, 1.82) is 0 Å².